The lowest BCUT2D eigenvalue weighted by molar-refractivity contribution is 0.104. The Morgan fingerprint density at radius 2 is 1.92 bits per heavy atom. The molecule has 0 aliphatic heterocycles. The normalized spacial score (nSPS) is 12.1. The summed E-state index contributed by atoms with van der Waals surface area (Å²) >= 11 is 0.995. The standard InChI is InChI=1S/C19H20N2O4S/c1-2-12-5-8-15(20-10-12)16(22)11-25-14-6-3-13(4-7-14)9-17-18(23)21-19(24)26-17/h3-8,10,16,22-23H,2,9,11H2,1H3,(H,21,24)/t16-/m0/s1. The molecule has 0 bridgehead atoms. The van der Waals surface area contributed by atoms with Gasteiger partial charge < -0.3 is 14.9 Å². The summed E-state index contributed by atoms with van der Waals surface area (Å²) in [4.78, 5) is 18.1. The number of aliphatic hydroxyl groups is 1. The van der Waals surface area contributed by atoms with Crippen LogP contribution >= 0.6 is 11.3 Å². The van der Waals surface area contributed by atoms with Gasteiger partial charge in [-0.2, -0.15) is 0 Å². The molecule has 136 valence electrons. The summed E-state index contributed by atoms with van der Waals surface area (Å²) in [6, 6.07) is 11.1. The van der Waals surface area contributed by atoms with E-state index in [0.29, 0.717) is 22.7 Å². The van der Waals surface area contributed by atoms with Crippen molar-refractivity contribution in [2.45, 2.75) is 25.9 Å². The number of aromatic amines is 1. The molecule has 6 nitrogen and oxygen atoms in total. The maximum absolute atomic E-state index is 11.2. The van der Waals surface area contributed by atoms with E-state index in [0.717, 1.165) is 28.9 Å². The molecule has 0 radical (unpaired) electrons. The molecule has 0 fully saturated rings. The molecule has 0 unspecified atom stereocenters. The second-order valence-electron chi connectivity index (χ2n) is 5.88. The van der Waals surface area contributed by atoms with Crippen molar-refractivity contribution < 1.29 is 14.9 Å². The minimum absolute atomic E-state index is 0.0787. The van der Waals surface area contributed by atoms with E-state index in [2.05, 4.69) is 16.9 Å². The van der Waals surface area contributed by atoms with Crippen LogP contribution in [-0.2, 0) is 12.8 Å². The van der Waals surface area contributed by atoms with Crippen LogP contribution in [0.3, 0.4) is 0 Å². The molecule has 0 aliphatic carbocycles. The molecule has 1 aromatic carbocycles. The van der Waals surface area contributed by atoms with Crippen LogP contribution in [0.5, 0.6) is 11.6 Å². The minimum Gasteiger partial charge on any atom is -0.494 e. The molecule has 3 rings (SSSR count). The SMILES string of the molecule is CCc1ccc([C@@H](O)COc2ccc(Cc3sc(=O)[nH]c3O)cc2)nc1. The van der Waals surface area contributed by atoms with Crippen LogP contribution in [0.2, 0.25) is 0 Å². The number of hydrogen-bond acceptors (Lipinski definition) is 6. The number of thiazole rings is 1. The Labute approximate surface area is 154 Å². The molecule has 0 amide bonds. The van der Waals surface area contributed by atoms with Crippen molar-refractivity contribution in [1.82, 2.24) is 9.97 Å². The number of nitrogens with one attached hydrogen (secondary N) is 1. The number of hydrogen-bond donors (Lipinski definition) is 3. The maximum atomic E-state index is 11.2. The van der Waals surface area contributed by atoms with Crippen molar-refractivity contribution >= 4 is 11.3 Å². The fraction of sp³-hybridized carbons (Fsp3) is 0.263. The summed E-state index contributed by atoms with van der Waals surface area (Å²) in [6.45, 7) is 2.16. The molecule has 1 atom stereocenters. The van der Waals surface area contributed by atoms with Gasteiger partial charge in [-0.25, -0.2) is 0 Å². The lowest BCUT2D eigenvalue weighted by Gasteiger charge is -2.12. The number of H-pyrrole nitrogens is 1. The highest BCUT2D eigenvalue weighted by atomic mass is 32.1. The Morgan fingerprint density at radius 3 is 2.50 bits per heavy atom. The Bertz CT molecular complexity index is 901. The van der Waals surface area contributed by atoms with Gasteiger partial charge in [0.05, 0.1) is 10.6 Å². The van der Waals surface area contributed by atoms with E-state index in [1.165, 1.54) is 0 Å². The van der Waals surface area contributed by atoms with Crippen LogP contribution in [0.4, 0.5) is 0 Å². The minimum atomic E-state index is -0.797. The lowest BCUT2D eigenvalue weighted by atomic mass is 10.1. The summed E-state index contributed by atoms with van der Waals surface area (Å²) in [5.74, 6) is 0.550. The van der Waals surface area contributed by atoms with E-state index in [1.807, 2.05) is 24.3 Å². The number of aryl methyl sites for hydroxylation is 1. The van der Waals surface area contributed by atoms with Crippen LogP contribution in [0.25, 0.3) is 0 Å². The average Bonchev–Trinajstić information content (AvgIpc) is 2.98. The van der Waals surface area contributed by atoms with Gasteiger partial charge in [0.1, 0.15) is 18.5 Å². The first kappa shape index (κ1) is 18.2. The van der Waals surface area contributed by atoms with E-state index in [-0.39, 0.29) is 17.4 Å². The second-order valence-corrected chi connectivity index (χ2v) is 6.95. The number of aliphatic hydroxyl groups excluding tert-OH is 1. The fourth-order valence-electron chi connectivity index (χ4n) is 2.46. The fourth-order valence-corrected chi connectivity index (χ4v) is 3.22. The zero-order chi connectivity index (χ0) is 18.5. The number of aromatic nitrogens is 2. The van der Waals surface area contributed by atoms with Crippen LogP contribution in [0.1, 0.15) is 34.7 Å². The quantitative estimate of drug-likeness (QED) is 0.593. The Morgan fingerprint density at radius 1 is 1.19 bits per heavy atom. The first-order valence-corrected chi connectivity index (χ1v) is 9.12. The molecule has 0 spiro atoms. The van der Waals surface area contributed by atoms with Crippen LogP contribution in [0.15, 0.2) is 47.4 Å². The van der Waals surface area contributed by atoms with Gasteiger partial charge in [0.2, 0.25) is 5.88 Å². The van der Waals surface area contributed by atoms with Gasteiger partial charge in [-0.05, 0) is 35.7 Å². The number of benzene rings is 1. The molecule has 2 aromatic heterocycles. The average molecular weight is 372 g/mol. The number of rotatable bonds is 7. The molecule has 3 N–H and O–H groups in total. The number of pyridine rings is 1. The molecule has 0 aliphatic rings. The smallest absolute Gasteiger partial charge is 0.307 e. The topological polar surface area (TPSA) is 95.4 Å². The van der Waals surface area contributed by atoms with Gasteiger partial charge >= 0.3 is 4.87 Å². The summed E-state index contributed by atoms with van der Waals surface area (Å²) in [5, 5.41) is 19.8. The third-order valence-electron chi connectivity index (χ3n) is 3.99. The van der Waals surface area contributed by atoms with Crippen molar-refractivity contribution in [3.8, 4) is 11.6 Å². The first-order valence-electron chi connectivity index (χ1n) is 8.30. The van der Waals surface area contributed by atoms with Gasteiger partial charge in [0.25, 0.3) is 0 Å². The van der Waals surface area contributed by atoms with Gasteiger partial charge in [-0.1, -0.05) is 36.5 Å². The van der Waals surface area contributed by atoms with Crippen LogP contribution < -0.4 is 9.61 Å². The summed E-state index contributed by atoms with van der Waals surface area (Å²) in [5.41, 5.74) is 2.65. The molecule has 26 heavy (non-hydrogen) atoms. The van der Waals surface area contributed by atoms with Crippen molar-refractivity contribution in [3.05, 3.63) is 74.0 Å². The zero-order valence-corrected chi connectivity index (χ0v) is 15.1. The van der Waals surface area contributed by atoms with Crippen molar-refractivity contribution in [3.63, 3.8) is 0 Å². The molecule has 0 saturated heterocycles. The number of nitrogens with zero attached hydrogens (tertiary/aromatic N) is 1. The Kier molecular flexibility index (Phi) is 5.70. The number of aromatic hydroxyl groups is 1. The van der Waals surface area contributed by atoms with Crippen molar-refractivity contribution in [2.75, 3.05) is 6.61 Å². The van der Waals surface area contributed by atoms with E-state index in [9.17, 15) is 15.0 Å². The molecule has 3 aromatic rings. The predicted octanol–water partition coefficient (Wildman–Crippen LogP) is 2.80. The van der Waals surface area contributed by atoms with Crippen LogP contribution in [-0.4, -0.2) is 26.8 Å². The van der Waals surface area contributed by atoms with Crippen molar-refractivity contribution in [1.29, 1.82) is 0 Å². The van der Waals surface area contributed by atoms with E-state index in [1.54, 1.807) is 18.3 Å². The molecular weight excluding hydrogens is 352 g/mol. The Balaban J connectivity index is 1.56. The zero-order valence-electron chi connectivity index (χ0n) is 14.3. The number of ether oxygens (including phenoxy) is 1. The van der Waals surface area contributed by atoms with Crippen LogP contribution in [0, 0.1) is 0 Å². The molecule has 2 heterocycles. The Hall–Kier alpha value is -2.64. The maximum Gasteiger partial charge on any atom is 0.307 e. The molecule has 0 saturated carbocycles. The molecular formula is C19H20N2O4S. The summed E-state index contributed by atoms with van der Waals surface area (Å²) in [6.07, 6.45) is 2.34. The lowest BCUT2D eigenvalue weighted by Crippen LogP contribution is -2.11. The van der Waals surface area contributed by atoms with Gasteiger partial charge in [-0.15, -0.1) is 0 Å². The van der Waals surface area contributed by atoms with Crippen molar-refractivity contribution in [2.24, 2.45) is 0 Å². The summed E-state index contributed by atoms with van der Waals surface area (Å²) < 4.78 is 5.62. The first-order chi connectivity index (χ1) is 12.5. The highest BCUT2D eigenvalue weighted by Crippen LogP contribution is 2.22. The van der Waals surface area contributed by atoms with Gasteiger partial charge in [-0.3, -0.25) is 14.8 Å². The third kappa shape index (κ3) is 4.50. The van der Waals surface area contributed by atoms with Gasteiger partial charge in [0.15, 0.2) is 0 Å². The molecule has 7 heteroatoms. The monoisotopic (exact) mass is 372 g/mol. The van der Waals surface area contributed by atoms with E-state index < -0.39 is 6.10 Å². The predicted molar refractivity (Wildman–Crippen MR) is 99.9 cm³/mol. The third-order valence-corrected chi connectivity index (χ3v) is 4.87. The summed E-state index contributed by atoms with van der Waals surface area (Å²) in [7, 11) is 0. The second kappa shape index (κ2) is 8.16. The van der Waals surface area contributed by atoms with E-state index >= 15 is 0 Å². The highest BCUT2D eigenvalue weighted by Gasteiger charge is 2.11. The largest absolute Gasteiger partial charge is 0.494 e. The van der Waals surface area contributed by atoms with Gasteiger partial charge in [0, 0.05) is 12.6 Å². The van der Waals surface area contributed by atoms with E-state index in [4.69, 9.17) is 4.74 Å². The highest BCUT2D eigenvalue weighted by molar-refractivity contribution is 7.09.